The molecule has 0 radical (unpaired) electrons. The van der Waals surface area contributed by atoms with Gasteiger partial charge in [0.1, 0.15) is 5.00 Å². The Morgan fingerprint density at radius 1 is 1.27 bits per heavy atom. The van der Waals surface area contributed by atoms with Gasteiger partial charge in [0, 0.05) is 37.5 Å². The second-order valence-corrected chi connectivity index (χ2v) is 7.32. The SMILES string of the molecule is COCCCNC(=O)c1c(NC(=O)c2cccnc2)sc2c1CCCC2. The lowest BCUT2D eigenvalue weighted by Crippen LogP contribution is -2.27. The first-order chi connectivity index (χ1) is 12.7. The monoisotopic (exact) mass is 373 g/mol. The highest BCUT2D eigenvalue weighted by Crippen LogP contribution is 2.38. The van der Waals surface area contributed by atoms with Crippen molar-refractivity contribution in [1.82, 2.24) is 10.3 Å². The van der Waals surface area contributed by atoms with E-state index in [-0.39, 0.29) is 11.8 Å². The molecular formula is C19H23N3O3S. The van der Waals surface area contributed by atoms with Gasteiger partial charge in [-0.3, -0.25) is 14.6 Å². The quantitative estimate of drug-likeness (QED) is 0.731. The predicted octanol–water partition coefficient (Wildman–Crippen LogP) is 3.04. The highest BCUT2D eigenvalue weighted by Gasteiger charge is 2.26. The van der Waals surface area contributed by atoms with E-state index < -0.39 is 0 Å². The number of hydrogen-bond donors (Lipinski definition) is 2. The lowest BCUT2D eigenvalue weighted by atomic mass is 9.95. The van der Waals surface area contributed by atoms with Crippen molar-refractivity contribution in [3.8, 4) is 0 Å². The minimum absolute atomic E-state index is 0.123. The molecule has 26 heavy (non-hydrogen) atoms. The molecule has 138 valence electrons. The molecule has 2 aromatic rings. The van der Waals surface area contributed by atoms with Crippen molar-refractivity contribution >= 4 is 28.2 Å². The van der Waals surface area contributed by atoms with E-state index in [4.69, 9.17) is 4.74 Å². The van der Waals surface area contributed by atoms with Gasteiger partial charge in [0.2, 0.25) is 0 Å². The van der Waals surface area contributed by atoms with Crippen LogP contribution < -0.4 is 10.6 Å². The number of rotatable bonds is 7. The van der Waals surface area contributed by atoms with Crippen LogP contribution in [0.25, 0.3) is 0 Å². The Bertz CT molecular complexity index is 774. The molecule has 0 fully saturated rings. The van der Waals surface area contributed by atoms with Crippen molar-refractivity contribution in [2.24, 2.45) is 0 Å². The lowest BCUT2D eigenvalue weighted by molar-refractivity contribution is 0.0948. The first-order valence-electron chi connectivity index (χ1n) is 8.83. The van der Waals surface area contributed by atoms with Gasteiger partial charge in [-0.1, -0.05) is 0 Å². The average molecular weight is 373 g/mol. The van der Waals surface area contributed by atoms with Crippen LogP contribution in [0.3, 0.4) is 0 Å². The van der Waals surface area contributed by atoms with E-state index in [0.717, 1.165) is 37.7 Å². The topological polar surface area (TPSA) is 80.3 Å². The molecule has 3 rings (SSSR count). The minimum atomic E-state index is -0.245. The summed E-state index contributed by atoms with van der Waals surface area (Å²) < 4.78 is 5.02. The van der Waals surface area contributed by atoms with Gasteiger partial charge in [-0.15, -0.1) is 11.3 Å². The fourth-order valence-electron chi connectivity index (χ4n) is 3.07. The summed E-state index contributed by atoms with van der Waals surface area (Å²) in [5.41, 5.74) is 2.19. The maximum atomic E-state index is 12.8. The van der Waals surface area contributed by atoms with Crippen molar-refractivity contribution in [3.63, 3.8) is 0 Å². The third-order valence-electron chi connectivity index (χ3n) is 4.36. The fraction of sp³-hybridized carbons (Fsp3) is 0.421. The molecule has 2 N–H and O–H groups in total. The molecule has 0 saturated carbocycles. The number of amides is 2. The van der Waals surface area contributed by atoms with Gasteiger partial charge in [-0.2, -0.15) is 0 Å². The number of thiophene rings is 1. The number of carbonyl (C=O) groups excluding carboxylic acids is 2. The van der Waals surface area contributed by atoms with E-state index in [0.29, 0.717) is 29.3 Å². The summed E-state index contributed by atoms with van der Waals surface area (Å²) in [6.07, 6.45) is 7.95. The molecule has 0 unspecified atom stereocenters. The molecule has 0 bridgehead atoms. The van der Waals surface area contributed by atoms with E-state index in [1.54, 1.807) is 25.4 Å². The molecule has 2 amide bonds. The highest BCUT2D eigenvalue weighted by molar-refractivity contribution is 7.17. The number of ether oxygens (including phenoxy) is 1. The molecule has 2 aromatic heterocycles. The van der Waals surface area contributed by atoms with Crippen molar-refractivity contribution in [2.45, 2.75) is 32.1 Å². The van der Waals surface area contributed by atoms with Gasteiger partial charge in [-0.05, 0) is 49.8 Å². The van der Waals surface area contributed by atoms with Gasteiger partial charge in [0.05, 0.1) is 11.1 Å². The molecule has 1 aliphatic carbocycles. The number of methoxy groups -OCH3 is 1. The Morgan fingerprint density at radius 2 is 2.12 bits per heavy atom. The van der Waals surface area contributed by atoms with Crippen LogP contribution >= 0.6 is 11.3 Å². The van der Waals surface area contributed by atoms with Crippen molar-refractivity contribution < 1.29 is 14.3 Å². The third-order valence-corrected chi connectivity index (χ3v) is 5.57. The van der Waals surface area contributed by atoms with Crippen LogP contribution in [0, 0.1) is 0 Å². The van der Waals surface area contributed by atoms with Gasteiger partial charge >= 0.3 is 0 Å². The standard InChI is InChI=1S/C19H23N3O3S/c1-25-11-5-10-21-18(24)16-14-7-2-3-8-15(14)26-19(16)22-17(23)13-6-4-9-20-12-13/h4,6,9,12H,2-3,5,7-8,10-11H2,1H3,(H,21,24)(H,22,23). The second kappa shape index (κ2) is 8.91. The van der Waals surface area contributed by atoms with E-state index in [1.165, 1.54) is 22.4 Å². The van der Waals surface area contributed by atoms with Crippen LogP contribution in [0.15, 0.2) is 24.5 Å². The molecule has 0 saturated heterocycles. The Morgan fingerprint density at radius 3 is 2.88 bits per heavy atom. The summed E-state index contributed by atoms with van der Waals surface area (Å²) in [6, 6.07) is 3.43. The van der Waals surface area contributed by atoms with Gasteiger partial charge in [0.15, 0.2) is 0 Å². The minimum Gasteiger partial charge on any atom is -0.385 e. The molecule has 1 aliphatic rings. The summed E-state index contributed by atoms with van der Waals surface area (Å²) in [4.78, 5) is 30.5. The zero-order chi connectivity index (χ0) is 18.4. The van der Waals surface area contributed by atoms with Crippen LogP contribution in [-0.4, -0.2) is 37.1 Å². The maximum Gasteiger partial charge on any atom is 0.257 e. The van der Waals surface area contributed by atoms with E-state index in [9.17, 15) is 9.59 Å². The maximum absolute atomic E-state index is 12.8. The number of pyridine rings is 1. The number of hydrogen-bond acceptors (Lipinski definition) is 5. The first kappa shape index (κ1) is 18.5. The zero-order valence-electron chi connectivity index (χ0n) is 14.8. The Labute approximate surface area is 157 Å². The van der Waals surface area contributed by atoms with Crippen LogP contribution in [0.1, 0.15) is 50.4 Å². The van der Waals surface area contributed by atoms with Crippen LogP contribution in [-0.2, 0) is 17.6 Å². The zero-order valence-corrected chi connectivity index (χ0v) is 15.7. The van der Waals surface area contributed by atoms with Crippen LogP contribution in [0.4, 0.5) is 5.00 Å². The Kier molecular flexibility index (Phi) is 6.35. The van der Waals surface area contributed by atoms with Crippen LogP contribution in [0.5, 0.6) is 0 Å². The molecular weight excluding hydrogens is 350 g/mol. The molecule has 2 heterocycles. The number of anilines is 1. The highest BCUT2D eigenvalue weighted by atomic mass is 32.1. The lowest BCUT2D eigenvalue weighted by Gasteiger charge is -2.13. The molecule has 0 spiro atoms. The number of fused-ring (bicyclic) bond motifs is 1. The number of nitrogens with zero attached hydrogens (tertiary/aromatic N) is 1. The molecule has 7 heteroatoms. The first-order valence-corrected chi connectivity index (χ1v) is 9.65. The van der Waals surface area contributed by atoms with Gasteiger partial charge in [0.25, 0.3) is 11.8 Å². The molecule has 6 nitrogen and oxygen atoms in total. The molecule has 0 aliphatic heterocycles. The van der Waals surface area contributed by atoms with E-state index >= 15 is 0 Å². The van der Waals surface area contributed by atoms with Crippen molar-refractivity contribution in [3.05, 3.63) is 46.1 Å². The number of aromatic nitrogens is 1. The largest absolute Gasteiger partial charge is 0.385 e. The molecule has 0 aromatic carbocycles. The number of nitrogens with one attached hydrogen (secondary N) is 2. The fourth-order valence-corrected chi connectivity index (χ4v) is 4.36. The third kappa shape index (κ3) is 4.28. The summed E-state index contributed by atoms with van der Waals surface area (Å²) in [5, 5.41) is 6.50. The Hall–Kier alpha value is -2.25. The van der Waals surface area contributed by atoms with Crippen molar-refractivity contribution in [2.75, 3.05) is 25.6 Å². The van der Waals surface area contributed by atoms with E-state index in [2.05, 4.69) is 15.6 Å². The van der Waals surface area contributed by atoms with Gasteiger partial charge in [-0.25, -0.2) is 0 Å². The number of aryl methyl sites for hydroxylation is 1. The predicted molar refractivity (Wildman–Crippen MR) is 102 cm³/mol. The number of carbonyl (C=O) groups is 2. The smallest absolute Gasteiger partial charge is 0.257 e. The Balaban J connectivity index is 1.81. The summed E-state index contributed by atoms with van der Waals surface area (Å²) in [6.45, 7) is 1.15. The molecule has 0 atom stereocenters. The summed E-state index contributed by atoms with van der Waals surface area (Å²) in [5.74, 6) is -0.368. The van der Waals surface area contributed by atoms with Gasteiger partial charge < -0.3 is 15.4 Å². The summed E-state index contributed by atoms with van der Waals surface area (Å²) in [7, 11) is 1.64. The normalized spacial score (nSPS) is 13.1. The van der Waals surface area contributed by atoms with E-state index in [1.807, 2.05) is 0 Å². The average Bonchev–Trinajstić information content (AvgIpc) is 3.03. The second-order valence-electron chi connectivity index (χ2n) is 6.21. The summed E-state index contributed by atoms with van der Waals surface area (Å²) >= 11 is 1.52. The van der Waals surface area contributed by atoms with Crippen molar-refractivity contribution in [1.29, 1.82) is 0 Å². The van der Waals surface area contributed by atoms with Crippen LogP contribution in [0.2, 0.25) is 0 Å².